The Morgan fingerprint density at radius 2 is 1.95 bits per heavy atom. The first-order chi connectivity index (χ1) is 9.15. The molecule has 2 heterocycles. The molecule has 3 rings (SSSR count). The quantitative estimate of drug-likeness (QED) is 0.885. The van der Waals surface area contributed by atoms with Crippen LogP contribution in [0.5, 0.6) is 5.75 Å². The highest BCUT2D eigenvalue weighted by Crippen LogP contribution is 2.31. The van der Waals surface area contributed by atoms with Crippen LogP contribution in [0.4, 0.5) is 0 Å². The van der Waals surface area contributed by atoms with E-state index < -0.39 is 0 Å². The number of piperazine rings is 1. The predicted octanol–water partition coefficient (Wildman–Crippen LogP) is 2.62. The summed E-state index contributed by atoms with van der Waals surface area (Å²) in [5.41, 5.74) is 1.30. The highest BCUT2D eigenvalue weighted by atomic mass is 16.3. The summed E-state index contributed by atoms with van der Waals surface area (Å²) in [6.45, 7) is 8.30. The van der Waals surface area contributed by atoms with Crippen molar-refractivity contribution in [3.8, 4) is 5.75 Å². The van der Waals surface area contributed by atoms with Gasteiger partial charge in [0.25, 0.3) is 0 Å². The summed E-state index contributed by atoms with van der Waals surface area (Å²) in [6.07, 6.45) is 2.71. The Bertz CT molecular complexity index is 431. The van der Waals surface area contributed by atoms with Gasteiger partial charge in [-0.1, -0.05) is 12.1 Å². The van der Waals surface area contributed by atoms with Gasteiger partial charge >= 0.3 is 0 Å². The molecule has 0 aromatic heterocycles. The smallest absolute Gasteiger partial charge is 0.115 e. The predicted molar refractivity (Wildman–Crippen MR) is 77.3 cm³/mol. The van der Waals surface area contributed by atoms with Gasteiger partial charge in [0, 0.05) is 31.2 Å². The van der Waals surface area contributed by atoms with Crippen LogP contribution in [-0.2, 0) is 0 Å². The van der Waals surface area contributed by atoms with Crippen molar-refractivity contribution < 1.29 is 5.11 Å². The van der Waals surface area contributed by atoms with Crippen LogP contribution in [0.25, 0.3) is 0 Å². The lowest BCUT2D eigenvalue weighted by molar-refractivity contribution is 0.0325. The first-order valence-electron chi connectivity index (χ1n) is 7.44. The maximum atomic E-state index is 9.40. The van der Waals surface area contributed by atoms with Gasteiger partial charge in [-0.25, -0.2) is 0 Å². The van der Waals surface area contributed by atoms with E-state index in [1.54, 1.807) is 12.1 Å². The van der Waals surface area contributed by atoms with E-state index in [9.17, 15) is 5.11 Å². The lowest BCUT2D eigenvalue weighted by Gasteiger charge is -2.45. The van der Waals surface area contributed by atoms with E-state index in [-0.39, 0.29) is 0 Å². The Morgan fingerprint density at radius 1 is 1.21 bits per heavy atom. The number of fused-ring (bicyclic) bond motifs is 1. The molecule has 1 aromatic rings. The fraction of sp³-hybridized carbons (Fsp3) is 0.625. The van der Waals surface area contributed by atoms with Gasteiger partial charge in [0.2, 0.25) is 0 Å². The van der Waals surface area contributed by atoms with Gasteiger partial charge in [-0.3, -0.25) is 9.80 Å². The second kappa shape index (κ2) is 5.14. The maximum Gasteiger partial charge on any atom is 0.115 e. The molecule has 19 heavy (non-hydrogen) atoms. The minimum Gasteiger partial charge on any atom is -0.508 e. The molecule has 0 saturated carbocycles. The summed E-state index contributed by atoms with van der Waals surface area (Å²) < 4.78 is 0. The molecule has 1 aromatic carbocycles. The number of phenols is 1. The van der Waals surface area contributed by atoms with Crippen molar-refractivity contribution in [2.24, 2.45) is 0 Å². The number of hydrogen-bond donors (Lipinski definition) is 1. The summed E-state index contributed by atoms with van der Waals surface area (Å²) >= 11 is 0. The van der Waals surface area contributed by atoms with Crippen molar-refractivity contribution in [1.82, 2.24) is 9.80 Å². The largest absolute Gasteiger partial charge is 0.508 e. The molecule has 3 unspecified atom stereocenters. The third-order valence-electron chi connectivity index (χ3n) is 4.86. The Kier molecular flexibility index (Phi) is 3.50. The molecule has 0 amide bonds. The molecule has 3 atom stereocenters. The molecular formula is C16H24N2O. The average molecular weight is 260 g/mol. The molecule has 3 nitrogen and oxygen atoms in total. The van der Waals surface area contributed by atoms with Crippen LogP contribution >= 0.6 is 0 Å². The zero-order valence-electron chi connectivity index (χ0n) is 11.9. The van der Waals surface area contributed by atoms with Gasteiger partial charge < -0.3 is 5.11 Å². The molecule has 104 valence electrons. The van der Waals surface area contributed by atoms with Crippen molar-refractivity contribution in [3.05, 3.63) is 29.8 Å². The fourth-order valence-corrected chi connectivity index (χ4v) is 3.69. The number of benzene rings is 1. The third-order valence-corrected chi connectivity index (χ3v) is 4.86. The first-order valence-corrected chi connectivity index (χ1v) is 7.44. The van der Waals surface area contributed by atoms with Gasteiger partial charge in [-0.15, -0.1) is 0 Å². The SMILES string of the molecule is CC1CN2CCCC2CN1C(C)c1ccc(O)cc1. The summed E-state index contributed by atoms with van der Waals surface area (Å²) in [4.78, 5) is 5.28. The molecule has 2 fully saturated rings. The van der Waals surface area contributed by atoms with Gasteiger partial charge in [-0.05, 0) is 50.9 Å². The summed E-state index contributed by atoms with van der Waals surface area (Å²) in [5, 5.41) is 9.40. The monoisotopic (exact) mass is 260 g/mol. The number of nitrogens with zero attached hydrogens (tertiary/aromatic N) is 2. The van der Waals surface area contributed by atoms with Crippen LogP contribution in [0.15, 0.2) is 24.3 Å². The van der Waals surface area contributed by atoms with E-state index in [0.717, 1.165) is 6.04 Å². The number of hydrogen-bond acceptors (Lipinski definition) is 3. The average Bonchev–Trinajstić information content (AvgIpc) is 2.85. The lowest BCUT2D eigenvalue weighted by atomic mass is 10.0. The molecule has 0 radical (unpaired) electrons. The Balaban J connectivity index is 1.75. The van der Waals surface area contributed by atoms with E-state index in [2.05, 4.69) is 23.6 Å². The summed E-state index contributed by atoms with van der Waals surface area (Å²) in [6, 6.07) is 9.49. The zero-order valence-corrected chi connectivity index (χ0v) is 11.9. The molecule has 3 heteroatoms. The second-order valence-electron chi connectivity index (χ2n) is 6.10. The van der Waals surface area contributed by atoms with Crippen molar-refractivity contribution in [2.75, 3.05) is 19.6 Å². The van der Waals surface area contributed by atoms with E-state index in [1.807, 2.05) is 12.1 Å². The topological polar surface area (TPSA) is 26.7 Å². The molecule has 2 aliphatic rings. The number of phenolic OH excluding ortho intramolecular Hbond substituents is 1. The molecule has 1 N–H and O–H groups in total. The molecule has 0 aliphatic carbocycles. The highest BCUT2D eigenvalue weighted by molar-refractivity contribution is 5.28. The molecule has 0 spiro atoms. The maximum absolute atomic E-state index is 9.40. The summed E-state index contributed by atoms with van der Waals surface area (Å²) in [7, 11) is 0. The van der Waals surface area contributed by atoms with Gasteiger partial charge in [0.1, 0.15) is 5.75 Å². The van der Waals surface area contributed by atoms with Crippen LogP contribution < -0.4 is 0 Å². The highest BCUT2D eigenvalue weighted by Gasteiger charge is 2.36. The molecular weight excluding hydrogens is 236 g/mol. The normalized spacial score (nSPS) is 30.2. The zero-order chi connectivity index (χ0) is 13.4. The van der Waals surface area contributed by atoms with E-state index in [1.165, 1.54) is 38.0 Å². The van der Waals surface area contributed by atoms with Crippen LogP contribution in [0.3, 0.4) is 0 Å². The minimum absolute atomic E-state index is 0.351. The van der Waals surface area contributed by atoms with Crippen molar-refractivity contribution >= 4 is 0 Å². The lowest BCUT2D eigenvalue weighted by Crippen LogP contribution is -2.55. The van der Waals surface area contributed by atoms with Gasteiger partial charge in [0.05, 0.1) is 0 Å². The van der Waals surface area contributed by atoms with Gasteiger partial charge in [-0.2, -0.15) is 0 Å². The molecule has 2 saturated heterocycles. The van der Waals surface area contributed by atoms with Crippen molar-refractivity contribution in [3.63, 3.8) is 0 Å². The Labute approximate surface area is 115 Å². The van der Waals surface area contributed by atoms with Crippen LogP contribution in [0, 0.1) is 0 Å². The van der Waals surface area contributed by atoms with Crippen molar-refractivity contribution in [2.45, 2.75) is 44.8 Å². The van der Waals surface area contributed by atoms with Crippen LogP contribution in [0.2, 0.25) is 0 Å². The molecule has 2 aliphatic heterocycles. The number of aromatic hydroxyl groups is 1. The van der Waals surface area contributed by atoms with Crippen molar-refractivity contribution in [1.29, 1.82) is 0 Å². The third kappa shape index (κ3) is 2.49. The fourth-order valence-electron chi connectivity index (χ4n) is 3.69. The minimum atomic E-state index is 0.351. The summed E-state index contributed by atoms with van der Waals surface area (Å²) in [5.74, 6) is 0.351. The van der Waals surface area contributed by atoms with Crippen LogP contribution in [-0.4, -0.2) is 46.6 Å². The van der Waals surface area contributed by atoms with Crippen LogP contribution in [0.1, 0.15) is 38.3 Å². The van der Waals surface area contributed by atoms with E-state index in [4.69, 9.17) is 0 Å². The second-order valence-corrected chi connectivity index (χ2v) is 6.10. The standard InChI is InChI=1S/C16H24N2O/c1-12-10-17-9-3-4-15(17)11-18(12)13(2)14-5-7-16(19)8-6-14/h5-8,12-13,15,19H,3-4,9-11H2,1-2H3. The van der Waals surface area contributed by atoms with E-state index in [0.29, 0.717) is 17.8 Å². The van der Waals surface area contributed by atoms with Gasteiger partial charge in [0.15, 0.2) is 0 Å². The van der Waals surface area contributed by atoms with E-state index >= 15 is 0 Å². The molecule has 0 bridgehead atoms. The Morgan fingerprint density at radius 3 is 2.68 bits per heavy atom. The first kappa shape index (κ1) is 12.9. The Hall–Kier alpha value is -1.06. The number of rotatable bonds is 2.